The van der Waals surface area contributed by atoms with E-state index < -0.39 is 0 Å². The maximum absolute atomic E-state index is 6.18. The van der Waals surface area contributed by atoms with Crippen molar-refractivity contribution < 1.29 is 4.74 Å². The Bertz CT molecular complexity index is 454. The minimum absolute atomic E-state index is 0.265. The molecule has 1 aliphatic rings. The lowest BCUT2D eigenvalue weighted by Gasteiger charge is -2.38. The monoisotopic (exact) mass is 310 g/mol. The second-order valence-corrected chi connectivity index (χ2v) is 6.90. The van der Waals surface area contributed by atoms with Crippen LogP contribution in [-0.4, -0.2) is 31.8 Å². The number of benzene rings is 1. The van der Waals surface area contributed by atoms with Gasteiger partial charge in [-0.2, -0.15) is 0 Å². The van der Waals surface area contributed by atoms with E-state index in [1.807, 2.05) is 6.07 Å². The number of halogens is 1. The van der Waals surface area contributed by atoms with Crippen LogP contribution in [0.15, 0.2) is 18.2 Å². The molecule has 1 saturated heterocycles. The largest absolute Gasteiger partial charge is 0.372 e. The summed E-state index contributed by atoms with van der Waals surface area (Å²) >= 11 is 6.18. The average Bonchev–Trinajstić information content (AvgIpc) is 2.37. The number of hydrogen-bond acceptors (Lipinski definition) is 3. The predicted molar refractivity (Wildman–Crippen MR) is 90.2 cm³/mol. The molecule has 1 aromatic rings. The summed E-state index contributed by atoms with van der Waals surface area (Å²) in [7, 11) is 0. The third-order valence-corrected chi connectivity index (χ3v) is 3.90. The van der Waals surface area contributed by atoms with Crippen LogP contribution in [-0.2, 0) is 11.3 Å². The molecular weight excluding hydrogens is 284 g/mol. The SMILES string of the molecule is CC(C)CNCc1cc(Cl)ccc1N1CC(C)OC(C)C1. The maximum atomic E-state index is 6.18. The molecule has 1 aromatic carbocycles. The molecule has 1 N–H and O–H groups in total. The molecule has 0 bridgehead atoms. The van der Waals surface area contributed by atoms with Gasteiger partial charge in [0.05, 0.1) is 12.2 Å². The van der Waals surface area contributed by atoms with E-state index >= 15 is 0 Å². The molecule has 1 heterocycles. The van der Waals surface area contributed by atoms with Gasteiger partial charge >= 0.3 is 0 Å². The van der Waals surface area contributed by atoms with E-state index in [4.69, 9.17) is 16.3 Å². The van der Waals surface area contributed by atoms with Crippen molar-refractivity contribution >= 4 is 17.3 Å². The normalized spacial score (nSPS) is 22.9. The Morgan fingerprint density at radius 1 is 1.29 bits per heavy atom. The summed E-state index contributed by atoms with van der Waals surface area (Å²) in [6, 6.07) is 6.20. The van der Waals surface area contributed by atoms with E-state index in [0.717, 1.165) is 31.2 Å². The van der Waals surface area contributed by atoms with Crippen LogP contribution in [0, 0.1) is 5.92 Å². The van der Waals surface area contributed by atoms with Gasteiger partial charge in [-0.15, -0.1) is 0 Å². The first-order valence-corrected chi connectivity index (χ1v) is 8.23. The predicted octanol–water partition coefficient (Wildman–Crippen LogP) is 3.70. The number of hydrogen-bond donors (Lipinski definition) is 1. The Hall–Kier alpha value is -0.770. The second kappa shape index (κ2) is 7.48. The van der Waals surface area contributed by atoms with Gasteiger partial charge in [0, 0.05) is 30.3 Å². The average molecular weight is 311 g/mol. The highest BCUT2D eigenvalue weighted by molar-refractivity contribution is 6.30. The molecule has 2 atom stereocenters. The summed E-state index contributed by atoms with van der Waals surface area (Å²) in [5.74, 6) is 0.649. The third-order valence-electron chi connectivity index (χ3n) is 3.67. The van der Waals surface area contributed by atoms with Crippen LogP contribution in [0.3, 0.4) is 0 Å². The lowest BCUT2D eigenvalue weighted by molar-refractivity contribution is -0.00526. The van der Waals surface area contributed by atoms with Crippen LogP contribution in [0.2, 0.25) is 5.02 Å². The molecule has 0 aliphatic carbocycles. The van der Waals surface area contributed by atoms with Crippen molar-refractivity contribution in [1.29, 1.82) is 0 Å². The van der Waals surface area contributed by atoms with Crippen molar-refractivity contribution in [3.63, 3.8) is 0 Å². The minimum atomic E-state index is 0.265. The fourth-order valence-corrected chi connectivity index (χ4v) is 3.07. The van der Waals surface area contributed by atoms with E-state index in [-0.39, 0.29) is 12.2 Å². The quantitative estimate of drug-likeness (QED) is 0.897. The molecule has 1 aliphatic heterocycles. The Morgan fingerprint density at radius 3 is 2.57 bits per heavy atom. The summed E-state index contributed by atoms with van der Waals surface area (Å²) in [5.41, 5.74) is 2.54. The van der Waals surface area contributed by atoms with Crippen LogP contribution in [0.4, 0.5) is 5.69 Å². The van der Waals surface area contributed by atoms with Crippen LogP contribution >= 0.6 is 11.6 Å². The van der Waals surface area contributed by atoms with Gasteiger partial charge in [-0.25, -0.2) is 0 Å². The molecule has 21 heavy (non-hydrogen) atoms. The van der Waals surface area contributed by atoms with E-state index in [1.54, 1.807) is 0 Å². The zero-order valence-electron chi connectivity index (χ0n) is 13.5. The molecule has 2 rings (SSSR count). The lowest BCUT2D eigenvalue weighted by atomic mass is 10.1. The second-order valence-electron chi connectivity index (χ2n) is 6.46. The number of anilines is 1. The van der Waals surface area contributed by atoms with Crippen LogP contribution in [0.25, 0.3) is 0 Å². The Labute approximate surface area is 133 Å². The van der Waals surface area contributed by atoms with Gasteiger partial charge in [0.2, 0.25) is 0 Å². The molecule has 2 unspecified atom stereocenters. The van der Waals surface area contributed by atoms with Gasteiger partial charge in [-0.3, -0.25) is 0 Å². The van der Waals surface area contributed by atoms with Crippen molar-refractivity contribution in [3.8, 4) is 0 Å². The number of nitrogens with zero attached hydrogens (tertiary/aromatic N) is 1. The van der Waals surface area contributed by atoms with E-state index in [0.29, 0.717) is 5.92 Å². The summed E-state index contributed by atoms with van der Waals surface area (Å²) in [4.78, 5) is 2.42. The third kappa shape index (κ3) is 4.87. The van der Waals surface area contributed by atoms with Gasteiger partial charge in [0.15, 0.2) is 0 Å². The topological polar surface area (TPSA) is 24.5 Å². The smallest absolute Gasteiger partial charge is 0.0726 e. The van der Waals surface area contributed by atoms with Crippen LogP contribution in [0.5, 0.6) is 0 Å². The minimum Gasteiger partial charge on any atom is -0.372 e. The van der Waals surface area contributed by atoms with Crippen LogP contribution in [0.1, 0.15) is 33.3 Å². The van der Waals surface area contributed by atoms with E-state index in [2.05, 4.69) is 50.0 Å². The molecule has 0 radical (unpaired) electrons. The van der Waals surface area contributed by atoms with Crippen molar-refractivity contribution in [2.45, 2.75) is 46.4 Å². The van der Waals surface area contributed by atoms with Crippen molar-refractivity contribution in [2.75, 3.05) is 24.5 Å². The maximum Gasteiger partial charge on any atom is 0.0726 e. The molecule has 0 aromatic heterocycles. The summed E-state index contributed by atoms with van der Waals surface area (Å²) < 4.78 is 5.83. The number of rotatable bonds is 5. The highest BCUT2D eigenvalue weighted by Crippen LogP contribution is 2.27. The molecule has 4 heteroatoms. The van der Waals surface area contributed by atoms with Crippen molar-refractivity contribution in [1.82, 2.24) is 5.32 Å². The molecule has 0 spiro atoms. The Balaban J connectivity index is 2.13. The van der Waals surface area contributed by atoms with Gasteiger partial charge in [-0.1, -0.05) is 25.4 Å². The highest BCUT2D eigenvalue weighted by Gasteiger charge is 2.23. The first-order valence-electron chi connectivity index (χ1n) is 7.85. The fourth-order valence-electron chi connectivity index (χ4n) is 2.87. The van der Waals surface area contributed by atoms with Gasteiger partial charge < -0.3 is 15.0 Å². The zero-order chi connectivity index (χ0) is 15.4. The molecule has 1 fully saturated rings. The summed E-state index contributed by atoms with van der Waals surface area (Å²) in [6.07, 6.45) is 0.529. The fraction of sp³-hybridized carbons (Fsp3) is 0.647. The Kier molecular flexibility index (Phi) is 5.91. The molecule has 0 amide bonds. The summed E-state index contributed by atoms with van der Waals surface area (Å²) in [6.45, 7) is 12.4. The Morgan fingerprint density at radius 2 is 1.95 bits per heavy atom. The first kappa shape index (κ1) is 16.6. The van der Waals surface area contributed by atoms with Crippen molar-refractivity contribution in [3.05, 3.63) is 28.8 Å². The lowest BCUT2D eigenvalue weighted by Crippen LogP contribution is -2.46. The molecular formula is C17H27ClN2O. The summed E-state index contributed by atoms with van der Waals surface area (Å²) in [5, 5.41) is 4.31. The molecule has 118 valence electrons. The van der Waals surface area contributed by atoms with Crippen molar-refractivity contribution in [2.24, 2.45) is 5.92 Å². The number of morpholine rings is 1. The van der Waals surface area contributed by atoms with E-state index in [9.17, 15) is 0 Å². The number of ether oxygens (including phenoxy) is 1. The zero-order valence-corrected chi connectivity index (χ0v) is 14.3. The van der Waals surface area contributed by atoms with Gasteiger partial charge in [0.1, 0.15) is 0 Å². The number of nitrogens with one attached hydrogen (secondary N) is 1. The standard InChI is InChI=1S/C17H27ClN2O/c1-12(2)8-19-9-15-7-16(18)5-6-17(15)20-10-13(3)21-14(4)11-20/h5-7,12-14,19H,8-11H2,1-4H3. The van der Waals surface area contributed by atoms with Crippen LogP contribution < -0.4 is 10.2 Å². The van der Waals surface area contributed by atoms with Gasteiger partial charge in [-0.05, 0) is 50.1 Å². The first-order chi connectivity index (χ1) is 9.95. The molecule has 3 nitrogen and oxygen atoms in total. The van der Waals surface area contributed by atoms with E-state index in [1.165, 1.54) is 11.3 Å². The van der Waals surface area contributed by atoms with Gasteiger partial charge in [0.25, 0.3) is 0 Å². The molecule has 0 saturated carbocycles. The highest BCUT2D eigenvalue weighted by atomic mass is 35.5.